The molecular weight excluding hydrogens is 220 g/mol. The monoisotopic (exact) mass is 231 g/mol. The third-order valence-electron chi connectivity index (χ3n) is 1.70. The van der Waals surface area contributed by atoms with E-state index in [1.807, 2.05) is 0 Å². The van der Waals surface area contributed by atoms with E-state index in [0.717, 1.165) is 6.26 Å². The van der Waals surface area contributed by atoms with E-state index in [1.54, 1.807) is 12.1 Å². The number of benzene rings is 1. The van der Waals surface area contributed by atoms with E-state index in [-0.39, 0.29) is 17.2 Å². The van der Waals surface area contributed by atoms with E-state index in [4.69, 9.17) is 5.21 Å². The molecule has 82 valence electrons. The zero-order chi connectivity index (χ0) is 11.5. The van der Waals surface area contributed by atoms with E-state index in [2.05, 4.69) is 4.72 Å². The first-order valence-corrected chi connectivity index (χ1v) is 5.97. The maximum atomic E-state index is 10.8. The third kappa shape index (κ3) is 4.05. The topological polar surface area (TPSA) is 86.5 Å². The van der Waals surface area contributed by atoms with Crippen molar-refractivity contribution >= 4 is 15.7 Å². The lowest BCUT2D eigenvalue weighted by Gasteiger charge is -2.00. The number of sulfonamides is 1. The van der Waals surface area contributed by atoms with Crippen molar-refractivity contribution in [2.45, 2.75) is 6.54 Å². The summed E-state index contributed by atoms with van der Waals surface area (Å²) < 4.78 is 23.8. The van der Waals surface area contributed by atoms with Crippen LogP contribution in [-0.2, 0) is 16.6 Å². The molecule has 1 rings (SSSR count). The molecule has 0 aliphatic carbocycles. The summed E-state index contributed by atoms with van der Waals surface area (Å²) in [5.74, 6) is 0. The maximum Gasteiger partial charge on any atom is 0.316 e. The fourth-order valence-electron chi connectivity index (χ4n) is 0.956. The van der Waals surface area contributed by atoms with Gasteiger partial charge in [-0.3, -0.25) is 0 Å². The molecule has 0 aliphatic heterocycles. The van der Waals surface area contributed by atoms with Crippen LogP contribution in [0.25, 0.3) is 0 Å². The largest absolute Gasteiger partial charge is 0.316 e. The number of nitrogens with zero attached hydrogens (tertiary/aromatic N) is 1. The Morgan fingerprint density at radius 3 is 2.27 bits per heavy atom. The highest BCUT2D eigenvalue weighted by Gasteiger charge is 2.10. The molecule has 2 N–H and O–H groups in total. The molecule has 0 saturated heterocycles. The average molecular weight is 231 g/mol. The van der Waals surface area contributed by atoms with Crippen LogP contribution in [0.5, 0.6) is 0 Å². The minimum atomic E-state index is -3.22. The van der Waals surface area contributed by atoms with Crippen LogP contribution in [0.4, 0.5) is 5.69 Å². The van der Waals surface area contributed by atoms with Gasteiger partial charge in [0.1, 0.15) is 0 Å². The standard InChI is InChI=1S/C8H11N2O4S/c1-15(13,14)9-6-7-2-4-8(5-3-7)10(11)12/h2-5,9H,6H2,1H3,(H,11,12)/q+1. The normalized spacial score (nSPS) is 11.3. The summed E-state index contributed by atoms with van der Waals surface area (Å²) in [7, 11) is -3.22. The van der Waals surface area contributed by atoms with Gasteiger partial charge < -0.3 is 0 Å². The van der Waals surface area contributed by atoms with Crippen molar-refractivity contribution in [2.24, 2.45) is 0 Å². The van der Waals surface area contributed by atoms with Crippen LogP contribution in [0.2, 0.25) is 0 Å². The molecule has 0 fully saturated rings. The molecule has 1 aromatic carbocycles. The van der Waals surface area contributed by atoms with Crippen molar-refractivity contribution in [3.05, 3.63) is 34.7 Å². The lowest BCUT2D eigenvalue weighted by molar-refractivity contribution is -0.729. The van der Waals surface area contributed by atoms with Crippen molar-refractivity contribution in [3.63, 3.8) is 0 Å². The summed E-state index contributed by atoms with van der Waals surface area (Å²) in [6, 6.07) is 5.89. The molecule has 0 spiro atoms. The highest BCUT2D eigenvalue weighted by Crippen LogP contribution is 2.10. The molecule has 6 nitrogen and oxygen atoms in total. The quantitative estimate of drug-likeness (QED) is 0.740. The Bertz CT molecular complexity index is 452. The van der Waals surface area contributed by atoms with E-state index in [9.17, 15) is 13.3 Å². The molecule has 7 heteroatoms. The predicted molar refractivity (Wildman–Crippen MR) is 53.2 cm³/mol. The van der Waals surface area contributed by atoms with Gasteiger partial charge in [-0.15, -0.1) is 0 Å². The molecule has 0 atom stereocenters. The van der Waals surface area contributed by atoms with Crippen LogP contribution in [0.15, 0.2) is 24.3 Å². The van der Waals surface area contributed by atoms with Crippen molar-refractivity contribution in [1.82, 2.24) is 4.72 Å². The van der Waals surface area contributed by atoms with Gasteiger partial charge in [-0.05, 0) is 5.56 Å². The zero-order valence-electron chi connectivity index (χ0n) is 8.04. The van der Waals surface area contributed by atoms with Gasteiger partial charge >= 0.3 is 5.69 Å². The van der Waals surface area contributed by atoms with E-state index in [1.165, 1.54) is 12.1 Å². The van der Waals surface area contributed by atoms with Crippen molar-refractivity contribution in [2.75, 3.05) is 6.26 Å². The molecule has 0 aliphatic rings. The SMILES string of the molecule is CS(=O)(=O)NCc1ccc([N+](=O)O)cc1. The summed E-state index contributed by atoms with van der Waals surface area (Å²) in [6.07, 6.45) is 1.06. The van der Waals surface area contributed by atoms with Crippen molar-refractivity contribution in [1.29, 1.82) is 0 Å². The zero-order valence-corrected chi connectivity index (χ0v) is 8.86. The lowest BCUT2D eigenvalue weighted by Crippen LogP contribution is -2.21. The summed E-state index contributed by atoms with van der Waals surface area (Å²) in [4.78, 5) is 10.2. The van der Waals surface area contributed by atoms with E-state index < -0.39 is 10.0 Å². The van der Waals surface area contributed by atoms with E-state index >= 15 is 0 Å². The second-order valence-corrected chi connectivity index (χ2v) is 4.87. The number of hydrogen-bond donors (Lipinski definition) is 2. The molecule has 0 radical (unpaired) electrons. The van der Waals surface area contributed by atoms with Gasteiger partial charge in [0, 0.05) is 18.7 Å². The van der Waals surface area contributed by atoms with Gasteiger partial charge in [-0.25, -0.2) is 18.3 Å². The van der Waals surface area contributed by atoms with Crippen LogP contribution in [-0.4, -0.2) is 24.8 Å². The van der Waals surface area contributed by atoms with Gasteiger partial charge in [0.05, 0.1) is 11.2 Å². The fraction of sp³-hybridized carbons (Fsp3) is 0.250. The molecule has 0 bridgehead atoms. The van der Waals surface area contributed by atoms with Gasteiger partial charge in [-0.2, -0.15) is 0 Å². The smallest absolute Gasteiger partial charge is 0.241 e. The first-order valence-electron chi connectivity index (χ1n) is 4.08. The minimum absolute atomic E-state index is 0.0955. The number of rotatable bonds is 4. The molecule has 0 aromatic heterocycles. The van der Waals surface area contributed by atoms with E-state index in [0.29, 0.717) is 5.56 Å². The number of hydrogen-bond acceptors (Lipinski definition) is 3. The molecule has 0 unspecified atom stereocenters. The van der Waals surface area contributed by atoms with Crippen molar-refractivity contribution < 1.29 is 18.5 Å². The highest BCUT2D eigenvalue weighted by molar-refractivity contribution is 7.88. The highest BCUT2D eigenvalue weighted by atomic mass is 32.2. The first-order chi connectivity index (χ1) is 6.88. The summed E-state index contributed by atoms with van der Waals surface area (Å²) >= 11 is 0. The average Bonchev–Trinajstić information content (AvgIpc) is 2.14. The molecule has 0 heterocycles. The molecule has 0 saturated carbocycles. The summed E-state index contributed by atoms with van der Waals surface area (Å²) in [5, 5.41) is 8.54. The van der Waals surface area contributed by atoms with Crippen LogP contribution in [0.3, 0.4) is 0 Å². The van der Waals surface area contributed by atoms with Crippen LogP contribution < -0.4 is 4.72 Å². The lowest BCUT2D eigenvalue weighted by atomic mass is 10.2. The fourth-order valence-corrected chi connectivity index (χ4v) is 1.38. The summed E-state index contributed by atoms with van der Waals surface area (Å²) in [6.45, 7) is 0.156. The van der Waals surface area contributed by atoms with Crippen molar-refractivity contribution in [3.8, 4) is 0 Å². The Hall–Kier alpha value is -1.47. The Kier molecular flexibility index (Phi) is 3.38. The molecular formula is C8H11N2O4S+. The van der Waals surface area contributed by atoms with Crippen LogP contribution in [0.1, 0.15) is 5.56 Å². The van der Waals surface area contributed by atoms with Gasteiger partial charge in [0.15, 0.2) is 0 Å². The second-order valence-electron chi connectivity index (χ2n) is 3.03. The predicted octanol–water partition coefficient (Wildman–Crippen LogP) is 0.535. The Balaban J connectivity index is 2.69. The Labute approximate surface area is 87.1 Å². The molecule has 1 aromatic rings. The van der Waals surface area contributed by atoms with Gasteiger partial charge in [0.25, 0.3) is 4.92 Å². The maximum absolute atomic E-state index is 10.8. The third-order valence-corrected chi connectivity index (χ3v) is 2.36. The molecule has 15 heavy (non-hydrogen) atoms. The van der Waals surface area contributed by atoms with Crippen LogP contribution >= 0.6 is 0 Å². The summed E-state index contributed by atoms with van der Waals surface area (Å²) in [5.41, 5.74) is 0.795. The van der Waals surface area contributed by atoms with Crippen LogP contribution in [0, 0.1) is 4.91 Å². The minimum Gasteiger partial charge on any atom is -0.241 e. The second kappa shape index (κ2) is 4.37. The Morgan fingerprint density at radius 2 is 1.87 bits per heavy atom. The first kappa shape index (κ1) is 11.6. The molecule has 0 amide bonds. The van der Waals surface area contributed by atoms with Gasteiger partial charge in [0.2, 0.25) is 10.0 Å². The Morgan fingerprint density at radius 1 is 1.33 bits per heavy atom. The number of nitrogens with one attached hydrogen (secondary N) is 1. The van der Waals surface area contributed by atoms with Gasteiger partial charge in [-0.1, -0.05) is 12.1 Å².